The van der Waals surface area contributed by atoms with Gasteiger partial charge in [0.25, 0.3) is 0 Å². The van der Waals surface area contributed by atoms with Crippen molar-refractivity contribution in [2.24, 2.45) is 0 Å². The summed E-state index contributed by atoms with van der Waals surface area (Å²) in [4.78, 5) is 11.6. The Morgan fingerprint density at radius 2 is 1.94 bits per heavy atom. The molecule has 18 heavy (non-hydrogen) atoms. The zero-order chi connectivity index (χ0) is 13.4. The van der Waals surface area contributed by atoms with Gasteiger partial charge in [-0.2, -0.15) is 0 Å². The number of methoxy groups -OCH3 is 1. The quantitative estimate of drug-likeness (QED) is 0.552. The first-order valence-corrected chi connectivity index (χ1v) is 5.65. The van der Waals surface area contributed by atoms with E-state index in [0.29, 0.717) is 18.8 Å². The molecule has 0 saturated heterocycles. The van der Waals surface area contributed by atoms with Gasteiger partial charge in [0.05, 0.1) is 25.4 Å². The van der Waals surface area contributed by atoms with Gasteiger partial charge in [-0.05, 0) is 18.6 Å². The second-order valence-electron chi connectivity index (χ2n) is 3.68. The Kier molecular flexibility index (Phi) is 6.32. The van der Waals surface area contributed by atoms with Crippen LogP contribution < -0.4 is 0 Å². The minimum Gasteiger partial charge on any atom is -0.460 e. The highest BCUT2D eigenvalue weighted by molar-refractivity contribution is 5.89. The standard InChI is InChI=1S/C13H17FO4/c1-10-4-3-5-11(12(10)14)13(15)18-9-8-17-7-6-16-2/h3-5H,6-9H2,1-2H3. The Morgan fingerprint density at radius 3 is 2.67 bits per heavy atom. The van der Waals surface area contributed by atoms with Crippen molar-refractivity contribution < 1.29 is 23.4 Å². The van der Waals surface area contributed by atoms with Gasteiger partial charge in [-0.1, -0.05) is 12.1 Å². The lowest BCUT2D eigenvalue weighted by Crippen LogP contribution is -2.14. The van der Waals surface area contributed by atoms with Crippen LogP contribution in [0, 0.1) is 12.7 Å². The van der Waals surface area contributed by atoms with E-state index in [4.69, 9.17) is 14.2 Å². The normalized spacial score (nSPS) is 10.4. The SMILES string of the molecule is COCCOCCOC(=O)c1cccc(C)c1F. The average Bonchev–Trinajstić information content (AvgIpc) is 2.36. The summed E-state index contributed by atoms with van der Waals surface area (Å²) in [6.45, 7) is 2.88. The Hall–Kier alpha value is -1.46. The molecule has 4 nitrogen and oxygen atoms in total. The Morgan fingerprint density at radius 1 is 1.22 bits per heavy atom. The topological polar surface area (TPSA) is 44.8 Å². The number of carbonyl (C=O) groups is 1. The van der Waals surface area contributed by atoms with E-state index < -0.39 is 11.8 Å². The second-order valence-corrected chi connectivity index (χ2v) is 3.68. The van der Waals surface area contributed by atoms with Gasteiger partial charge in [0.2, 0.25) is 0 Å². The van der Waals surface area contributed by atoms with E-state index in [0.717, 1.165) is 0 Å². The molecule has 0 saturated carbocycles. The van der Waals surface area contributed by atoms with Crippen LogP contribution in [-0.2, 0) is 14.2 Å². The van der Waals surface area contributed by atoms with Gasteiger partial charge in [-0.25, -0.2) is 9.18 Å². The summed E-state index contributed by atoms with van der Waals surface area (Å²) in [5, 5.41) is 0. The van der Waals surface area contributed by atoms with E-state index in [1.54, 1.807) is 26.2 Å². The molecule has 0 radical (unpaired) electrons. The summed E-state index contributed by atoms with van der Waals surface area (Å²) < 4.78 is 28.4. The predicted octanol–water partition coefficient (Wildman–Crippen LogP) is 1.95. The van der Waals surface area contributed by atoms with Crippen molar-refractivity contribution in [2.45, 2.75) is 6.92 Å². The van der Waals surface area contributed by atoms with Crippen LogP contribution in [0.2, 0.25) is 0 Å². The Labute approximate surface area is 106 Å². The molecule has 1 aromatic carbocycles. The highest BCUT2D eigenvalue weighted by atomic mass is 19.1. The van der Waals surface area contributed by atoms with Crippen LogP contribution in [0.25, 0.3) is 0 Å². The second kappa shape index (κ2) is 7.79. The van der Waals surface area contributed by atoms with Crippen LogP contribution in [0.5, 0.6) is 0 Å². The highest BCUT2D eigenvalue weighted by Gasteiger charge is 2.14. The van der Waals surface area contributed by atoms with Crippen molar-refractivity contribution in [1.82, 2.24) is 0 Å². The first kappa shape index (κ1) is 14.6. The van der Waals surface area contributed by atoms with Crippen LogP contribution >= 0.6 is 0 Å². The zero-order valence-corrected chi connectivity index (χ0v) is 10.6. The molecule has 0 aliphatic heterocycles. The molecule has 0 atom stereocenters. The molecule has 0 aromatic heterocycles. The number of rotatable bonds is 7. The molecule has 0 aliphatic carbocycles. The zero-order valence-electron chi connectivity index (χ0n) is 10.6. The molecule has 0 spiro atoms. The first-order chi connectivity index (χ1) is 8.66. The lowest BCUT2D eigenvalue weighted by atomic mass is 10.1. The molecular weight excluding hydrogens is 239 g/mol. The molecule has 0 bridgehead atoms. The number of hydrogen-bond acceptors (Lipinski definition) is 4. The number of halogens is 1. The summed E-state index contributed by atoms with van der Waals surface area (Å²) in [5.74, 6) is -1.21. The molecule has 0 aliphatic rings. The number of ether oxygens (including phenoxy) is 3. The lowest BCUT2D eigenvalue weighted by Gasteiger charge is -2.07. The van der Waals surface area contributed by atoms with E-state index in [9.17, 15) is 9.18 Å². The van der Waals surface area contributed by atoms with Crippen molar-refractivity contribution in [3.05, 3.63) is 35.1 Å². The summed E-state index contributed by atoms with van der Waals surface area (Å²) in [7, 11) is 1.57. The van der Waals surface area contributed by atoms with Gasteiger partial charge >= 0.3 is 5.97 Å². The maximum Gasteiger partial charge on any atom is 0.341 e. The van der Waals surface area contributed by atoms with E-state index in [1.165, 1.54) is 6.07 Å². The van der Waals surface area contributed by atoms with Gasteiger partial charge in [-0.15, -0.1) is 0 Å². The van der Waals surface area contributed by atoms with Crippen LogP contribution in [0.4, 0.5) is 4.39 Å². The van der Waals surface area contributed by atoms with E-state index >= 15 is 0 Å². The first-order valence-electron chi connectivity index (χ1n) is 5.65. The van der Waals surface area contributed by atoms with Gasteiger partial charge in [0.15, 0.2) is 0 Å². The van der Waals surface area contributed by atoms with Crippen LogP contribution in [0.15, 0.2) is 18.2 Å². The molecule has 0 fully saturated rings. The molecule has 5 heteroatoms. The van der Waals surface area contributed by atoms with Gasteiger partial charge in [0, 0.05) is 7.11 Å². The Bertz CT molecular complexity index is 393. The minimum absolute atomic E-state index is 0.0492. The fourth-order valence-electron chi connectivity index (χ4n) is 1.32. The Balaban J connectivity index is 2.35. The fourth-order valence-corrected chi connectivity index (χ4v) is 1.32. The smallest absolute Gasteiger partial charge is 0.341 e. The molecule has 0 amide bonds. The maximum atomic E-state index is 13.6. The van der Waals surface area contributed by atoms with Crippen LogP contribution in [0.3, 0.4) is 0 Å². The summed E-state index contributed by atoms with van der Waals surface area (Å²) in [6, 6.07) is 4.61. The molecule has 0 unspecified atom stereocenters. The largest absolute Gasteiger partial charge is 0.460 e. The summed E-state index contributed by atoms with van der Waals surface area (Å²) >= 11 is 0. The third kappa shape index (κ3) is 4.43. The summed E-state index contributed by atoms with van der Waals surface area (Å²) in [5.41, 5.74) is 0.368. The predicted molar refractivity (Wildman–Crippen MR) is 64.1 cm³/mol. The van der Waals surface area contributed by atoms with Crippen molar-refractivity contribution >= 4 is 5.97 Å². The van der Waals surface area contributed by atoms with Crippen molar-refractivity contribution in [3.63, 3.8) is 0 Å². The lowest BCUT2D eigenvalue weighted by molar-refractivity contribution is 0.0210. The van der Waals surface area contributed by atoms with Gasteiger partial charge < -0.3 is 14.2 Å². The average molecular weight is 256 g/mol. The van der Waals surface area contributed by atoms with Crippen molar-refractivity contribution in [3.8, 4) is 0 Å². The van der Waals surface area contributed by atoms with E-state index in [2.05, 4.69) is 0 Å². The van der Waals surface area contributed by atoms with Gasteiger partial charge in [-0.3, -0.25) is 0 Å². The third-order valence-corrected chi connectivity index (χ3v) is 2.30. The van der Waals surface area contributed by atoms with Crippen molar-refractivity contribution in [1.29, 1.82) is 0 Å². The number of hydrogen-bond donors (Lipinski definition) is 0. The minimum atomic E-state index is -0.674. The summed E-state index contributed by atoms with van der Waals surface area (Å²) in [6.07, 6.45) is 0. The van der Waals surface area contributed by atoms with Crippen LogP contribution in [-0.4, -0.2) is 39.5 Å². The third-order valence-electron chi connectivity index (χ3n) is 2.30. The van der Waals surface area contributed by atoms with E-state index in [1.807, 2.05) is 0 Å². The van der Waals surface area contributed by atoms with Gasteiger partial charge in [0.1, 0.15) is 12.4 Å². The fraction of sp³-hybridized carbons (Fsp3) is 0.462. The monoisotopic (exact) mass is 256 g/mol. The van der Waals surface area contributed by atoms with E-state index in [-0.39, 0.29) is 18.8 Å². The molecule has 0 N–H and O–H groups in total. The van der Waals surface area contributed by atoms with Crippen molar-refractivity contribution in [2.75, 3.05) is 33.5 Å². The van der Waals surface area contributed by atoms with Crippen LogP contribution in [0.1, 0.15) is 15.9 Å². The number of carbonyl (C=O) groups excluding carboxylic acids is 1. The molecule has 0 heterocycles. The molecule has 1 rings (SSSR count). The molecular formula is C13H17FO4. The number of esters is 1. The molecule has 1 aromatic rings. The highest BCUT2D eigenvalue weighted by Crippen LogP contribution is 2.12. The number of aryl methyl sites for hydroxylation is 1. The molecule has 100 valence electrons. The number of benzene rings is 1. The maximum absolute atomic E-state index is 13.6.